The van der Waals surface area contributed by atoms with E-state index < -0.39 is 0 Å². The van der Waals surface area contributed by atoms with Crippen molar-refractivity contribution in [1.29, 1.82) is 0 Å². The summed E-state index contributed by atoms with van der Waals surface area (Å²) in [7, 11) is 1.95. The topological polar surface area (TPSA) is 32.3 Å². The summed E-state index contributed by atoms with van der Waals surface area (Å²) in [5, 5.41) is 3.96. The van der Waals surface area contributed by atoms with Crippen molar-refractivity contribution < 1.29 is 4.79 Å². The van der Waals surface area contributed by atoms with E-state index in [0.29, 0.717) is 11.9 Å². The Balaban J connectivity index is 1.42. The van der Waals surface area contributed by atoms with Gasteiger partial charge in [0.25, 0.3) is 0 Å². The van der Waals surface area contributed by atoms with Crippen LogP contribution in [0.15, 0.2) is 0 Å². The molecule has 0 aromatic carbocycles. The number of amides is 1. The predicted molar refractivity (Wildman–Crippen MR) is 74.6 cm³/mol. The zero-order valence-electron chi connectivity index (χ0n) is 12.0. The molecule has 4 saturated carbocycles. The zero-order chi connectivity index (χ0) is 13.0. The highest BCUT2D eigenvalue weighted by molar-refractivity contribution is 5.76. The lowest BCUT2D eigenvalue weighted by molar-refractivity contribution is -0.132. The molecule has 1 unspecified atom stereocenters. The summed E-state index contributed by atoms with van der Waals surface area (Å²) in [5.74, 6) is 4.31. The number of likely N-dealkylation sites (tertiary alicyclic amines) is 1. The van der Waals surface area contributed by atoms with Crippen molar-refractivity contribution in [3.8, 4) is 0 Å². The second kappa shape index (κ2) is 4.47. The number of nitrogens with zero attached hydrogens (tertiary/aromatic N) is 1. The third-order valence-corrected chi connectivity index (χ3v) is 6.28. The first-order valence-electron chi connectivity index (χ1n) is 8.19. The van der Waals surface area contributed by atoms with Crippen molar-refractivity contribution >= 4 is 5.91 Å². The molecule has 1 amide bonds. The minimum Gasteiger partial charge on any atom is -0.344 e. The van der Waals surface area contributed by atoms with Crippen LogP contribution >= 0.6 is 0 Å². The summed E-state index contributed by atoms with van der Waals surface area (Å²) < 4.78 is 0. The smallest absolute Gasteiger partial charge is 0.222 e. The van der Waals surface area contributed by atoms with Gasteiger partial charge in [0.05, 0.1) is 0 Å². The highest BCUT2D eigenvalue weighted by Crippen LogP contribution is 2.53. The van der Waals surface area contributed by atoms with E-state index in [-0.39, 0.29) is 0 Å². The van der Waals surface area contributed by atoms with Crippen molar-refractivity contribution in [2.45, 2.75) is 57.0 Å². The van der Waals surface area contributed by atoms with Gasteiger partial charge in [-0.3, -0.25) is 4.79 Å². The molecule has 0 spiro atoms. The van der Waals surface area contributed by atoms with Gasteiger partial charge in [-0.15, -0.1) is 0 Å². The minimum absolute atomic E-state index is 0.322. The Morgan fingerprint density at radius 1 is 1.05 bits per heavy atom. The molecule has 5 fully saturated rings. The van der Waals surface area contributed by atoms with Gasteiger partial charge in [-0.25, -0.2) is 0 Å². The number of likely N-dealkylation sites (N-methyl/N-ethyl adjacent to an activating group) is 1. The Hall–Kier alpha value is -0.570. The average Bonchev–Trinajstić information content (AvgIpc) is 2.37. The molecule has 0 aromatic rings. The van der Waals surface area contributed by atoms with E-state index in [2.05, 4.69) is 5.32 Å². The molecule has 1 aliphatic heterocycles. The van der Waals surface area contributed by atoms with Crippen LogP contribution in [0.25, 0.3) is 0 Å². The number of rotatable bonds is 2. The van der Waals surface area contributed by atoms with Crippen molar-refractivity contribution in [3.05, 3.63) is 0 Å². The molecule has 1 atom stereocenters. The normalized spacial score (nSPS) is 48.9. The molecular weight excluding hydrogens is 236 g/mol. The zero-order valence-corrected chi connectivity index (χ0v) is 12.0. The number of hydrogen-bond acceptors (Lipinski definition) is 2. The molecule has 1 heterocycles. The van der Waals surface area contributed by atoms with E-state index in [1.54, 1.807) is 0 Å². The molecule has 5 rings (SSSR count). The molecule has 1 N–H and O–H groups in total. The van der Waals surface area contributed by atoms with Crippen LogP contribution in [0.1, 0.15) is 44.9 Å². The first-order valence-corrected chi connectivity index (χ1v) is 8.19. The minimum atomic E-state index is 0.322. The number of nitrogens with one attached hydrogen (secondary N) is 1. The maximum Gasteiger partial charge on any atom is 0.222 e. The average molecular weight is 262 g/mol. The molecule has 0 radical (unpaired) electrons. The fourth-order valence-corrected chi connectivity index (χ4v) is 5.62. The predicted octanol–water partition coefficient (Wildman–Crippen LogP) is 2.02. The van der Waals surface area contributed by atoms with E-state index >= 15 is 0 Å². The van der Waals surface area contributed by atoms with Crippen LogP contribution in [-0.2, 0) is 4.79 Å². The highest BCUT2D eigenvalue weighted by atomic mass is 16.2. The number of carbonyl (C=O) groups excluding carboxylic acids is 1. The molecule has 19 heavy (non-hydrogen) atoms. The summed E-state index contributed by atoms with van der Waals surface area (Å²) in [5.41, 5.74) is 0. The summed E-state index contributed by atoms with van der Waals surface area (Å²) >= 11 is 0. The van der Waals surface area contributed by atoms with Gasteiger partial charge in [0.15, 0.2) is 0 Å². The van der Waals surface area contributed by atoms with E-state index in [1.807, 2.05) is 11.9 Å². The molecule has 4 bridgehead atoms. The highest BCUT2D eigenvalue weighted by Gasteiger charge is 2.48. The Bertz CT molecular complexity index is 353. The third-order valence-electron chi connectivity index (χ3n) is 6.28. The van der Waals surface area contributed by atoms with Gasteiger partial charge in [0.1, 0.15) is 0 Å². The fourth-order valence-electron chi connectivity index (χ4n) is 5.62. The Morgan fingerprint density at radius 3 is 2.26 bits per heavy atom. The molecule has 1 saturated heterocycles. The van der Waals surface area contributed by atoms with Gasteiger partial charge in [-0.1, -0.05) is 0 Å². The van der Waals surface area contributed by atoms with Crippen LogP contribution in [0.4, 0.5) is 0 Å². The van der Waals surface area contributed by atoms with Crippen molar-refractivity contribution in [1.82, 2.24) is 10.2 Å². The van der Waals surface area contributed by atoms with Crippen molar-refractivity contribution in [2.24, 2.45) is 23.7 Å². The van der Waals surface area contributed by atoms with E-state index in [9.17, 15) is 4.79 Å². The Kier molecular flexibility index (Phi) is 2.87. The number of hydrogen-bond donors (Lipinski definition) is 1. The number of carbonyl (C=O) groups is 1. The van der Waals surface area contributed by atoms with E-state index in [1.165, 1.54) is 32.1 Å². The van der Waals surface area contributed by atoms with Crippen LogP contribution in [0.3, 0.4) is 0 Å². The SMILES string of the molecule is CN1CC(NC2C3CC4CC(C3)CC2C4)CCC1=O. The van der Waals surface area contributed by atoms with Crippen LogP contribution in [0, 0.1) is 23.7 Å². The summed E-state index contributed by atoms with van der Waals surface area (Å²) in [6.45, 7) is 0.918. The first kappa shape index (κ1) is 12.2. The van der Waals surface area contributed by atoms with Crippen LogP contribution < -0.4 is 5.32 Å². The van der Waals surface area contributed by atoms with Crippen LogP contribution in [0.5, 0.6) is 0 Å². The van der Waals surface area contributed by atoms with Gasteiger partial charge in [0.2, 0.25) is 5.91 Å². The van der Waals surface area contributed by atoms with Gasteiger partial charge in [-0.05, 0) is 62.2 Å². The standard InChI is InChI=1S/C16H26N2O/c1-18-9-14(2-3-15(18)19)17-16-12-5-10-4-11(7-12)8-13(16)6-10/h10-14,16-17H,2-9H2,1H3. The molecule has 3 heteroatoms. The van der Waals surface area contributed by atoms with Gasteiger partial charge in [0, 0.05) is 32.1 Å². The first-order chi connectivity index (χ1) is 9.19. The van der Waals surface area contributed by atoms with Crippen LogP contribution in [-0.4, -0.2) is 36.5 Å². The third kappa shape index (κ3) is 2.10. The van der Waals surface area contributed by atoms with E-state index in [0.717, 1.165) is 49.1 Å². The maximum absolute atomic E-state index is 11.6. The quantitative estimate of drug-likeness (QED) is 0.826. The monoisotopic (exact) mass is 262 g/mol. The van der Waals surface area contributed by atoms with Crippen molar-refractivity contribution in [3.63, 3.8) is 0 Å². The summed E-state index contributed by atoms with van der Waals surface area (Å²) in [6.07, 6.45) is 9.23. The summed E-state index contributed by atoms with van der Waals surface area (Å²) in [4.78, 5) is 13.5. The lowest BCUT2D eigenvalue weighted by atomic mass is 9.54. The molecule has 3 nitrogen and oxygen atoms in total. The second-order valence-corrected chi connectivity index (χ2v) is 7.63. The largest absolute Gasteiger partial charge is 0.344 e. The van der Waals surface area contributed by atoms with Gasteiger partial charge in [-0.2, -0.15) is 0 Å². The maximum atomic E-state index is 11.6. The molecular formula is C16H26N2O. The Morgan fingerprint density at radius 2 is 1.68 bits per heavy atom. The number of piperidine rings is 1. The van der Waals surface area contributed by atoms with Gasteiger partial charge < -0.3 is 10.2 Å². The lowest BCUT2D eigenvalue weighted by Crippen LogP contribution is -2.59. The summed E-state index contributed by atoms with van der Waals surface area (Å²) in [6, 6.07) is 1.31. The molecule has 4 aliphatic carbocycles. The second-order valence-electron chi connectivity index (χ2n) is 7.63. The lowest BCUT2D eigenvalue weighted by Gasteiger charge is -2.55. The fraction of sp³-hybridized carbons (Fsp3) is 0.938. The molecule has 5 aliphatic rings. The van der Waals surface area contributed by atoms with E-state index in [4.69, 9.17) is 0 Å². The van der Waals surface area contributed by atoms with Crippen molar-refractivity contribution in [2.75, 3.05) is 13.6 Å². The molecule has 106 valence electrons. The van der Waals surface area contributed by atoms with Crippen LogP contribution in [0.2, 0.25) is 0 Å². The van der Waals surface area contributed by atoms with Gasteiger partial charge >= 0.3 is 0 Å². The molecule has 0 aromatic heterocycles. The Labute approximate surface area is 116 Å².